The molecule has 0 aliphatic carbocycles. The van der Waals surface area contributed by atoms with E-state index in [2.05, 4.69) is 34.3 Å². The molecule has 0 bridgehead atoms. The molecule has 1 saturated heterocycles. The van der Waals surface area contributed by atoms with Gasteiger partial charge in [-0.2, -0.15) is 0 Å². The SMILES string of the molecule is CCOC(=O)C1CCCN(C(=NC)NCCCCOc2ccc(C)cc2)C1.I. The number of hydrogen-bond acceptors (Lipinski definition) is 4. The Hall–Kier alpha value is -1.51. The number of aryl methyl sites for hydroxylation is 1. The lowest BCUT2D eigenvalue weighted by molar-refractivity contribution is -0.149. The molecule has 0 radical (unpaired) electrons. The summed E-state index contributed by atoms with van der Waals surface area (Å²) in [4.78, 5) is 18.5. The quantitative estimate of drug-likeness (QED) is 0.193. The number of carbonyl (C=O) groups excluding carboxylic acids is 1. The molecule has 0 amide bonds. The first-order chi connectivity index (χ1) is 13.1. The zero-order valence-corrected chi connectivity index (χ0v) is 19.6. The third-order valence-corrected chi connectivity index (χ3v) is 4.70. The predicted molar refractivity (Wildman–Crippen MR) is 124 cm³/mol. The number of nitrogens with zero attached hydrogens (tertiary/aromatic N) is 2. The Bertz CT molecular complexity index is 607. The lowest BCUT2D eigenvalue weighted by Gasteiger charge is -2.33. The highest BCUT2D eigenvalue weighted by atomic mass is 127. The molecular formula is C21H34IN3O3. The Morgan fingerprint density at radius 3 is 2.71 bits per heavy atom. The molecule has 0 aromatic heterocycles. The van der Waals surface area contributed by atoms with E-state index < -0.39 is 0 Å². The maximum atomic E-state index is 12.0. The number of carbonyl (C=O) groups is 1. The van der Waals surface area contributed by atoms with Gasteiger partial charge in [-0.1, -0.05) is 17.7 Å². The molecule has 1 aromatic carbocycles. The number of unbranched alkanes of at least 4 members (excludes halogenated alkanes) is 1. The molecule has 2 rings (SSSR count). The minimum Gasteiger partial charge on any atom is -0.494 e. The fourth-order valence-electron chi connectivity index (χ4n) is 3.21. The molecule has 1 heterocycles. The van der Waals surface area contributed by atoms with Crippen LogP contribution in [-0.4, -0.2) is 56.7 Å². The Morgan fingerprint density at radius 1 is 1.29 bits per heavy atom. The molecule has 7 heteroatoms. The number of hydrogen-bond donors (Lipinski definition) is 1. The van der Waals surface area contributed by atoms with Gasteiger partial charge >= 0.3 is 5.97 Å². The van der Waals surface area contributed by atoms with Crippen LogP contribution in [0.5, 0.6) is 5.75 Å². The molecule has 1 fully saturated rings. The Kier molecular flexibility index (Phi) is 11.9. The van der Waals surface area contributed by atoms with E-state index in [1.54, 1.807) is 7.05 Å². The van der Waals surface area contributed by atoms with Crippen molar-refractivity contribution in [1.82, 2.24) is 10.2 Å². The highest BCUT2D eigenvalue weighted by Crippen LogP contribution is 2.18. The first kappa shape index (κ1) is 24.5. The molecular weight excluding hydrogens is 469 g/mol. The number of ether oxygens (including phenoxy) is 2. The number of halogens is 1. The van der Waals surface area contributed by atoms with Crippen molar-refractivity contribution in [3.63, 3.8) is 0 Å². The zero-order chi connectivity index (χ0) is 19.5. The summed E-state index contributed by atoms with van der Waals surface area (Å²) < 4.78 is 10.9. The van der Waals surface area contributed by atoms with E-state index in [4.69, 9.17) is 9.47 Å². The third-order valence-electron chi connectivity index (χ3n) is 4.70. The number of esters is 1. The van der Waals surface area contributed by atoms with Crippen molar-refractivity contribution < 1.29 is 14.3 Å². The number of nitrogens with one attached hydrogen (secondary N) is 1. The zero-order valence-electron chi connectivity index (χ0n) is 17.3. The lowest BCUT2D eigenvalue weighted by Crippen LogP contribution is -2.48. The number of benzene rings is 1. The maximum absolute atomic E-state index is 12.0. The van der Waals surface area contributed by atoms with Gasteiger partial charge in [-0.3, -0.25) is 9.79 Å². The van der Waals surface area contributed by atoms with E-state index in [0.29, 0.717) is 19.8 Å². The Balaban J connectivity index is 0.00000392. The fraction of sp³-hybridized carbons (Fsp3) is 0.619. The summed E-state index contributed by atoms with van der Waals surface area (Å²) in [7, 11) is 1.79. The average molecular weight is 503 g/mol. The van der Waals surface area contributed by atoms with E-state index in [0.717, 1.165) is 50.5 Å². The molecule has 6 nitrogen and oxygen atoms in total. The smallest absolute Gasteiger partial charge is 0.310 e. The first-order valence-electron chi connectivity index (χ1n) is 9.95. The maximum Gasteiger partial charge on any atom is 0.310 e. The van der Waals surface area contributed by atoms with Crippen LogP contribution in [0.25, 0.3) is 0 Å². The minimum absolute atomic E-state index is 0. The molecule has 1 atom stereocenters. The second kappa shape index (κ2) is 13.6. The number of rotatable bonds is 8. The van der Waals surface area contributed by atoms with Crippen molar-refractivity contribution in [2.24, 2.45) is 10.9 Å². The van der Waals surface area contributed by atoms with E-state index in [9.17, 15) is 4.79 Å². The summed E-state index contributed by atoms with van der Waals surface area (Å²) in [6, 6.07) is 8.13. The van der Waals surface area contributed by atoms with Gasteiger partial charge in [0.1, 0.15) is 5.75 Å². The van der Waals surface area contributed by atoms with Crippen LogP contribution >= 0.6 is 24.0 Å². The van der Waals surface area contributed by atoms with Crippen molar-refractivity contribution in [3.05, 3.63) is 29.8 Å². The lowest BCUT2D eigenvalue weighted by atomic mass is 9.98. The standard InChI is InChI=1S/C21H33N3O3.HI/c1-4-26-20(25)18-8-7-14-24(16-18)21(22-3)23-13-5-6-15-27-19-11-9-17(2)10-12-19;/h9-12,18H,4-8,13-16H2,1-3H3,(H,22,23);1H. The van der Waals surface area contributed by atoms with Gasteiger partial charge in [0.2, 0.25) is 0 Å². The number of likely N-dealkylation sites (tertiary alicyclic amines) is 1. The first-order valence-corrected chi connectivity index (χ1v) is 9.95. The second-order valence-corrected chi connectivity index (χ2v) is 6.88. The van der Waals surface area contributed by atoms with Gasteiger partial charge in [0.05, 0.1) is 19.1 Å². The topological polar surface area (TPSA) is 63.2 Å². The van der Waals surface area contributed by atoms with Gasteiger partial charge < -0.3 is 19.7 Å². The summed E-state index contributed by atoms with van der Waals surface area (Å²) in [5.74, 6) is 1.64. The largest absolute Gasteiger partial charge is 0.494 e. The summed E-state index contributed by atoms with van der Waals surface area (Å²) in [6.45, 7) is 7.50. The molecule has 1 aliphatic heterocycles. The van der Waals surface area contributed by atoms with Crippen molar-refractivity contribution in [1.29, 1.82) is 0 Å². The summed E-state index contributed by atoms with van der Waals surface area (Å²) in [5.41, 5.74) is 1.24. The number of aliphatic imine (C=N–C) groups is 1. The average Bonchev–Trinajstić information content (AvgIpc) is 2.69. The normalized spacial score (nSPS) is 16.9. The van der Waals surface area contributed by atoms with Crippen LogP contribution < -0.4 is 10.1 Å². The van der Waals surface area contributed by atoms with Gasteiger partial charge in [0, 0.05) is 26.7 Å². The van der Waals surface area contributed by atoms with Crippen LogP contribution in [0.2, 0.25) is 0 Å². The monoisotopic (exact) mass is 503 g/mol. The van der Waals surface area contributed by atoms with Crippen LogP contribution in [0, 0.1) is 12.8 Å². The summed E-state index contributed by atoms with van der Waals surface area (Å²) in [5, 5.41) is 3.41. The second-order valence-electron chi connectivity index (χ2n) is 6.88. The highest BCUT2D eigenvalue weighted by molar-refractivity contribution is 14.0. The van der Waals surface area contributed by atoms with E-state index in [1.807, 2.05) is 19.1 Å². The minimum atomic E-state index is -0.0918. The van der Waals surface area contributed by atoms with Gasteiger partial charge in [-0.15, -0.1) is 24.0 Å². The molecule has 1 aromatic rings. The van der Waals surface area contributed by atoms with Gasteiger partial charge in [0.15, 0.2) is 5.96 Å². The third kappa shape index (κ3) is 8.24. The molecule has 1 aliphatic rings. The van der Waals surface area contributed by atoms with Gasteiger partial charge in [0.25, 0.3) is 0 Å². The molecule has 1 unspecified atom stereocenters. The summed E-state index contributed by atoms with van der Waals surface area (Å²) >= 11 is 0. The van der Waals surface area contributed by atoms with Crippen molar-refractivity contribution >= 4 is 35.9 Å². The van der Waals surface area contributed by atoms with Crippen molar-refractivity contribution in [2.45, 2.75) is 39.5 Å². The van der Waals surface area contributed by atoms with E-state index in [-0.39, 0.29) is 35.9 Å². The predicted octanol–water partition coefficient (Wildman–Crippen LogP) is 3.62. The van der Waals surface area contributed by atoms with Crippen LogP contribution in [0.15, 0.2) is 29.3 Å². The summed E-state index contributed by atoms with van der Waals surface area (Å²) in [6.07, 6.45) is 3.85. The van der Waals surface area contributed by atoms with E-state index >= 15 is 0 Å². The Morgan fingerprint density at radius 2 is 2.04 bits per heavy atom. The highest BCUT2D eigenvalue weighted by Gasteiger charge is 2.28. The molecule has 28 heavy (non-hydrogen) atoms. The molecule has 158 valence electrons. The fourth-order valence-corrected chi connectivity index (χ4v) is 3.21. The van der Waals surface area contributed by atoms with Crippen molar-refractivity contribution in [2.75, 3.05) is 39.9 Å². The number of guanidine groups is 1. The van der Waals surface area contributed by atoms with Crippen LogP contribution in [0.4, 0.5) is 0 Å². The van der Waals surface area contributed by atoms with Gasteiger partial charge in [-0.25, -0.2) is 0 Å². The molecule has 1 N–H and O–H groups in total. The van der Waals surface area contributed by atoms with Gasteiger partial charge in [-0.05, 0) is 51.7 Å². The number of piperidine rings is 1. The molecule has 0 spiro atoms. The van der Waals surface area contributed by atoms with Crippen molar-refractivity contribution in [3.8, 4) is 5.75 Å². The van der Waals surface area contributed by atoms with Crippen LogP contribution in [0.1, 0.15) is 38.2 Å². The Labute approximate surface area is 186 Å². The van der Waals surface area contributed by atoms with E-state index in [1.165, 1.54) is 5.56 Å². The van der Waals surface area contributed by atoms with Crippen LogP contribution in [0.3, 0.4) is 0 Å². The molecule has 0 saturated carbocycles. The van der Waals surface area contributed by atoms with Crippen LogP contribution in [-0.2, 0) is 9.53 Å².